The number of fused-ring (bicyclic) bond motifs is 3. The van der Waals surface area contributed by atoms with E-state index in [1.807, 2.05) is 0 Å². The minimum absolute atomic E-state index is 0.0986. The van der Waals surface area contributed by atoms with E-state index in [4.69, 9.17) is 0 Å². The van der Waals surface area contributed by atoms with Crippen LogP contribution in [-0.4, -0.2) is 4.68 Å². The maximum Gasteiger partial charge on any atom is 0.196 e. The molecule has 0 radical (unpaired) electrons. The molecule has 0 bridgehead atoms. The van der Waals surface area contributed by atoms with Crippen LogP contribution >= 0.6 is 0 Å². The van der Waals surface area contributed by atoms with Gasteiger partial charge >= 0.3 is 0 Å². The van der Waals surface area contributed by atoms with Crippen LogP contribution in [0.4, 0.5) is 0 Å². The van der Waals surface area contributed by atoms with Crippen LogP contribution in [0, 0.1) is 6.92 Å². The Balaban J connectivity index is 2.47. The molecule has 1 aromatic heterocycles. The first kappa shape index (κ1) is 14.4. The number of hydrogen-bond acceptors (Lipinski definition) is 0. The Morgan fingerprint density at radius 3 is 2.33 bits per heavy atom. The van der Waals surface area contributed by atoms with Crippen LogP contribution in [0.25, 0.3) is 5.69 Å². The van der Waals surface area contributed by atoms with E-state index in [1.165, 1.54) is 28.1 Å². The van der Waals surface area contributed by atoms with Crippen molar-refractivity contribution in [1.29, 1.82) is 0 Å². The summed E-state index contributed by atoms with van der Waals surface area (Å²) in [6.45, 7) is 14.0. The highest BCUT2D eigenvalue weighted by atomic mass is 15.4. The average Bonchev–Trinajstić information content (AvgIpc) is 2.79. The molecule has 1 aliphatic rings. The molecule has 3 rings (SSSR count). The maximum atomic E-state index is 2.41. The van der Waals surface area contributed by atoms with Gasteiger partial charge in [0.2, 0.25) is 0 Å². The van der Waals surface area contributed by atoms with Gasteiger partial charge in [-0.15, -0.1) is 9.36 Å². The Hall–Kier alpha value is -1.57. The quantitative estimate of drug-likeness (QED) is 0.705. The lowest BCUT2D eigenvalue weighted by Gasteiger charge is -2.46. The van der Waals surface area contributed by atoms with Gasteiger partial charge in [0.1, 0.15) is 5.69 Å². The van der Waals surface area contributed by atoms with Crippen molar-refractivity contribution in [3.8, 4) is 5.69 Å². The third-order valence-corrected chi connectivity index (χ3v) is 6.00. The summed E-state index contributed by atoms with van der Waals surface area (Å²) in [7, 11) is 2.14. The summed E-state index contributed by atoms with van der Waals surface area (Å²) in [5.74, 6) is 0. The van der Waals surface area contributed by atoms with E-state index in [9.17, 15) is 0 Å². The van der Waals surface area contributed by atoms with Crippen molar-refractivity contribution in [1.82, 2.24) is 4.68 Å². The predicted octanol–water partition coefficient (Wildman–Crippen LogP) is 3.74. The molecule has 1 aromatic carbocycles. The third kappa shape index (κ3) is 1.62. The normalized spacial score (nSPS) is 18.2. The molecule has 2 heteroatoms. The summed E-state index contributed by atoms with van der Waals surface area (Å²) >= 11 is 0. The van der Waals surface area contributed by atoms with Crippen LogP contribution in [0.2, 0.25) is 0 Å². The SMILES string of the molecule is CCc1ccc2c(c1C)-n1c(cc[n+]1C)C(C)(C)C2(C)C. The van der Waals surface area contributed by atoms with Crippen molar-refractivity contribution in [3.63, 3.8) is 0 Å². The van der Waals surface area contributed by atoms with Crippen LogP contribution in [-0.2, 0) is 24.3 Å². The number of nitrogens with zero attached hydrogens (tertiary/aromatic N) is 2. The Kier molecular flexibility index (Phi) is 2.89. The fraction of sp³-hybridized carbons (Fsp3) is 0.526. The maximum absolute atomic E-state index is 2.41. The van der Waals surface area contributed by atoms with Crippen LogP contribution < -0.4 is 4.68 Å². The average molecular weight is 283 g/mol. The molecule has 0 aliphatic carbocycles. The first-order chi connectivity index (χ1) is 9.73. The van der Waals surface area contributed by atoms with Gasteiger partial charge in [0.15, 0.2) is 13.2 Å². The number of hydrogen-bond donors (Lipinski definition) is 0. The van der Waals surface area contributed by atoms with Gasteiger partial charge in [-0.3, -0.25) is 0 Å². The van der Waals surface area contributed by atoms with E-state index < -0.39 is 0 Å². The molecule has 0 atom stereocenters. The summed E-state index contributed by atoms with van der Waals surface area (Å²) in [6, 6.07) is 6.95. The second-order valence-electron chi connectivity index (χ2n) is 7.44. The van der Waals surface area contributed by atoms with Gasteiger partial charge in [-0.25, -0.2) is 0 Å². The van der Waals surface area contributed by atoms with Gasteiger partial charge in [0, 0.05) is 16.9 Å². The largest absolute Gasteiger partial charge is 0.196 e. The molecule has 0 spiro atoms. The van der Waals surface area contributed by atoms with E-state index in [0.717, 1.165) is 6.42 Å². The van der Waals surface area contributed by atoms with Gasteiger partial charge in [-0.2, -0.15) is 0 Å². The molecule has 2 heterocycles. The van der Waals surface area contributed by atoms with Crippen molar-refractivity contribution < 1.29 is 4.68 Å². The highest BCUT2D eigenvalue weighted by Gasteiger charge is 2.49. The van der Waals surface area contributed by atoms with Crippen LogP contribution in [0.1, 0.15) is 57.0 Å². The molecule has 0 saturated carbocycles. The van der Waals surface area contributed by atoms with Crippen LogP contribution in [0.3, 0.4) is 0 Å². The molecule has 0 amide bonds. The summed E-state index contributed by atoms with van der Waals surface area (Å²) in [5, 5.41) is 0. The number of rotatable bonds is 1. The molecule has 21 heavy (non-hydrogen) atoms. The van der Waals surface area contributed by atoms with Crippen molar-refractivity contribution in [2.24, 2.45) is 7.05 Å². The van der Waals surface area contributed by atoms with E-state index in [2.05, 4.69) is 82.3 Å². The second kappa shape index (κ2) is 4.22. The zero-order chi connectivity index (χ0) is 15.6. The molecule has 112 valence electrons. The minimum atomic E-state index is 0.0986. The molecule has 0 N–H and O–H groups in total. The molecule has 2 nitrogen and oxygen atoms in total. The lowest BCUT2D eigenvalue weighted by atomic mass is 9.60. The molecule has 1 aliphatic heterocycles. The fourth-order valence-electron chi connectivity index (χ4n) is 3.80. The molecule has 0 fully saturated rings. The molecule has 0 unspecified atom stereocenters. The Bertz CT molecular complexity index is 717. The highest BCUT2D eigenvalue weighted by molar-refractivity contribution is 5.58. The number of aromatic nitrogens is 2. The van der Waals surface area contributed by atoms with Gasteiger partial charge < -0.3 is 0 Å². The summed E-state index contributed by atoms with van der Waals surface area (Å²) < 4.78 is 4.63. The van der Waals surface area contributed by atoms with E-state index >= 15 is 0 Å². The van der Waals surface area contributed by atoms with Crippen molar-refractivity contribution in [3.05, 3.63) is 46.8 Å². The summed E-state index contributed by atoms with van der Waals surface area (Å²) in [4.78, 5) is 0. The van der Waals surface area contributed by atoms with Crippen LogP contribution in [0.15, 0.2) is 24.4 Å². The Morgan fingerprint density at radius 1 is 1.05 bits per heavy atom. The molecular formula is C19H27N2+. The zero-order valence-electron chi connectivity index (χ0n) is 14.4. The van der Waals surface area contributed by atoms with E-state index in [1.54, 1.807) is 0 Å². The Morgan fingerprint density at radius 2 is 1.71 bits per heavy atom. The highest BCUT2D eigenvalue weighted by Crippen LogP contribution is 2.50. The fourth-order valence-corrected chi connectivity index (χ4v) is 3.80. The number of benzene rings is 1. The van der Waals surface area contributed by atoms with Gasteiger partial charge in [-0.05, 0) is 30.0 Å². The second-order valence-corrected chi connectivity index (χ2v) is 7.44. The lowest BCUT2D eigenvalue weighted by Crippen LogP contribution is -2.51. The van der Waals surface area contributed by atoms with Gasteiger partial charge in [-0.1, -0.05) is 46.8 Å². The smallest absolute Gasteiger partial charge is 0.124 e. The van der Waals surface area contributed by atoms with Crippen molar-refractivity contribution in [2.45, 2.75) is 58.8 Å². The third-order valence-electron chi connectivity index (χ3n) is 6.00. The van der Waals surface area contributed by atoms with E-state index in [0.29, 0.717) is 0 Å². The lowest BCUT2D eigenvalue weighted by molar-refractivity contribution is -0.745. The van der Waals surface area contributed by atoms with Gasteiger partial charge in [0.05, 0.1) is 5.69 Å². The Labute approximate surface area is 128 Å². The van der Waals surface area contributed by atoms with Crippen LogP contribution in [0.5, 0.6) is 0 Å². The predicted molar refractivity (Wildman–Crippen MR) is 87.1 cm³/mol. The molecule has 2 aromatic rings. The topological polar surface area (TPSA) is 8.81 Å². The summed E-state index contributed by atoms with van der Waals surface area (Å²) in [6.07, 6.45) is 3.27. The molecule has 0 saturated heterocycles. The number of aryl methyl sites for hydroxylation is 2. The zero-order valence-corrected chi connectivity index (χ0v) is 14.4. The van der Waals surface area contributed by atoms with E-state index in [-0.39, 0.29) is 10.8 Å². The summed E-state index contributed by atoms with van der Waals surface area (Å²) in [5.41, 5.74) is 7.33. The van der Waals surface area contributed by atoms with Crippen molar-refractivity contribution >= 4 is 0 Å². The van der Waals surface area contributed by atoms with Crippen molar-refractivity contribution in [2.75, 3.05) is 0 Å². The minimum Gasteiger partial charge on any atom is -0.124 e. The van der Waals surface area contributed by atoms with Gasteiger partial charge in [0.25, 0.3) is 0 Å². The first-order valence-electron chi connectivity index (χ1n) is 7.95. The molecular weight excluding hydrogens is 256 g/mol. The first-order valence-corrected chi connectivity index (χ1v) is 7.95. The monoisotopic (exact) mass is 283 g/mol. The standard InChI is InChI=1S/C19H27N2/c1-8-14-9-10-15-17(13(14)2)21-16(11-12-20(21)7)19(5,6)18(15,3)4/h9-12H,8H2,1-7H3/q+1.